The van der Waals surface area contributed by atoms with Crippen LogP contribution >= 0.6 is 11.6 Å². The summed E-state index contributed by atoms with van der Waals surface area (Å²) in [6.07, 6.45) is 1.77. The number of hydrogen-bond acceptors (Lipinski definition) is 3. The van der Waals surface area contributed by atoms with Gasteiger partial charge < -0.3 is 10.1 Å². The van der Waals surface area contributed by atoms with Crippen LogP contribution in [-0.4, -0.2) is 12.1 Å². The van der Waals surface area contributed by atoms with Gasteiger partial charge in [-0.3, -0.25) is 0 Å². The Hall–Kier alpha value is -1.74. The van der Waals surface area contributed by atoms with Crippen molar-refractivity contribution in [3.63, 3.8) is 0 Å². The highest BCUT2D eigenvalue weighted by atomic mass is 35.5. The molecule has 0 bridgehead atoms. The summed E-state index contributed by atoms with van der Waals surface area (Å²) < 4.78 is 5.09. The lowest BCUT2D eigenvalue weighted by molar-refractivity contribution is 0.415. The number of halogens is 1. The van der Waals surface area contributed by atoms with E-state index in [2.05, 4.69) is 10.3 Å². The van der Waals surface area contributed by atoms with Crippen LogP contribution in [0.4, 0.5) is 11.5 Å². The summed E-state index contributed by atoms with van der Waals surface area (Å²) in [7, 11) is 1.59. The van der Waals surface area contributed by atoms with Crippen LogP contribution in [0.3, 0.4) is 0 Å². The first kappa shape index (κ1) is 11.7. The van der Waals surface area contributed by atoms with Crippen molar-refractivity contribution in [1.82, 2.24) is 4.98 Å². The zero-order valence-electron chi connectivity index (χ0n) is 9.70. The monoisotopic (exact) mass is 248 g/mol. The number of methoxy groups -OCH3 is 1. The molecule has 0 saturated carbocycles. The fraction of sp³-hybridized carbons (Fsp3) is 0.154. The Morgan fingerprint density at radius 1 is 1.24 bits per heavy atom. The van der Waals surface area contributed by atoms with Gasteiger partial charge in [-0.15, -0.1) is 0 Å². The van der Waals surface area contributed by atoms with Crippen LogP contribution in [0.2, 0.25) is 5.02 Å². The molecule has 0 saturated heterocycles. The third-order valence-electron chi connectivity index (χ3n) is 2.34. The molecule has 1 heterocycles. The first-order valence-electron chi connectivity index (χ1n) is 5.22. The fourth-order valence-corrected chi connectivity index (χ4v) is 1.75. The zero-order valence-corrected chi connectivity index (χ0v) is 10.5. The summed E-state index contributed by atoms with van der Waals surface area (Å²) >= 11 is 6.04. The van der Waals surface area contributed by atoms with Gasteiger partial charge in [0.1, 0.15) is 11.6 Å². The van der Waals surface area contributed by atoms with Gasteiger partial charge in [-0.2, -0.15) is 0 Å². The van der Waals surface area contributed by atoms with Gasteiger partial charge in [0.05, 0.1) is 12.1 Å². The van der Waals surface area contributed by atoms with Crippen molar-refractivity contribution in [2.24, 2.45) is 0 Å². The Morgan fingerprint density at radius 3 is 2.71 bits per heavy atom. The second-order valence-corrected chi connectivity index (χ2v) is 4.10. The minimum atomic E-state index is 0.574. The Kier molecular flexibility index (Phi) is 3.49. The van der Waals surface area contributed by atoms with Crippen molar-refractivity contribution in [1.29, 1.82) is 0 Å². The average molecular weight is 249 g/mol. The molecule has 0 aliphatic heterocycles. The van der Waals surface area contributed by atoms with Gasteiger partial charge in [0.25, 0.3) is 0 Å². The number of nitrogens with one attached hydrogen (secondary N) is 1. The van der Waals surface area contributed by atoms with Crippen LogP contribution < -0.4 is 10.1 Å². The van der Waals surface area contributed by atoms with Crippen LogP contribution in [0.5, 0.6) is 5.75 Å². The van der Waals surface area contributed by atoms with E-state index in [9.17, 15) is 0 Å². The summed E-state index contributed by atoms with van der Waals surface area (Å²) in [4.78, 5) is 4.22. The third kappa shape index (κ3) is 2.88. The molecule has 0 unspecified atom stereocenters. The van der Waals surface area contributed by atoms with Gasteiger partial charge in [0.2, 0.25) is 0 Å². The number of rotatable bonds is 3. The molecular formula is C13H13ClN2O. The van der Waals surface area contributed by atoms with E-state index in [4.69, 9.17) is 16.3 Å². The zero-order chi connectivity index (χ0) is 12.3. The van der Waals surface area contributed by atoms with Crippen molar-refractivity contribution in [2.45, 2.75) is 6.92 Å². The highest BCUT2D eigenvalue weighted by Gasteiger charge is 2.02. The van der Waals surface area contributed by atoms with E-state index in [0.29, 0.717) is 10.8 Å². The molecule has 0 fully saturated rings. The van der Waals surface area contributed by atoms with E-state index in [0.717, 1.165) is 17.1 Å². The van der Waals surface area contributed by atoms with E-state index in [-0.39, 0.29) is 0 Å². The predicted molar refractivity (Wildman–Crippen MR) is 70.3 cm³/mol. The van der Waals surface area contributed by atoms with Gasteiger partial charge >= 0.3 is 0 Å². The molecular weight excluding hydrogens is 236 g/mol. The number of anilines is 2. The number of aryl methyl sites for hydroxylation is 1. The van der Waals surface area contributed by atoms with E-state index in [1.54, 1.807) is 13.3 Å². The summed E-state index contributed by atoms with van der Waals surface area (Å²) in [5.41, 5.74) is 2.04. The van der Waals surface area contributed by atoms with Crippen LogP contribution in [0.15, 0.2) is 36.5 Å². The van der Waals surface area contributed by atoms with Gasteiger partial charge in [0.15, 0.2) is 0 Å². The number of ether oxygens (including phenoxy) is 1. The smallest absolute Gasteiger partial charge is 0.137 e. The number of hydrogen-bond donors (Lipinski definition) is 1. The maximum atomic E-state index is 6.04. The van der Waals surface area contributed by atoms with Crippen LogP contribution in [0, 0.1) is 6.92 Å². The standard InChI is InChI=1S/C13H13ClN2O/c1-9-5-6-15-13(7-9)16-10-3-4-12(17-2)11(14)8-10/h3-8H,1-2H3,(H,15,16). The van der Waals surface area contributed by atoms with Crippen LogP contribution in [0.25, 0.3) is 0 Å². The maximum Gasteiger partial charge on any atom is 0.137 e. The minimum Gasteiger partial charge on any atom is -0.495 e. The maximum absolute atomic E-state index is 6.04. The summed E-state index contributed by atoms with van der Waals surface area (Å²) in [6.45, 7) is 2.02. The highest BCUT2D eigenvalue weighted by Crippen LogP contribution is 2.28. The molecule has 1 aromatic carbocycles. The lowest BCUT2D eigenvalue weighted by Crippen LogP contribution is -1.94. The van der Waals surface area contributed by atoms with Crippen molar-refractivity contribution < 1.29 is 4.74 Å². The lowest BCUT2D eigenvalue weighted by Gasteiger charge is -2.08. The van der Waals surface area contributed by atoms with E-state index >= 15 is 0 Å². The summed E-state index contributed by atoms with van der Waals surface area (Å²) in [5.74, 6) is 1.46. The highest BCUT2D eigenvalue weighted by molar-refractivity contribution is 6.32. The molecule has 17 heavy (non-hydrogen) atoms. The number of pyridine rings is 1. The second-order valence-electron chi connectivity index (χ2n) is 3.69. The van der Waals surface area contributed by atoms with Gasteiger partial charge in [-0.25, -0.2) is 4.98 Å². The van der Waals surface area contributed by atoms with Crippen molar-refractivity contribution in [3.8, 4) is 5.75 Å². The molecule has 0 spiro atoms. The Bertz CT molecular complexity index is 529. The molecule has 0 amide bonds. The molecule has 0 radical (unpaired) electrons. The summed E-state index contributed by atoms with van der Waals surface area (Å²) in [5, 5.41) is 3.76. The topological polar surface area (TPSA) is 34.1 Å². The molecule has 2 aromatic rings. The Morgan fingerprint density at radius 2 is 2.06 bits per heavy atom. The van der Waals surface area contributed by atoms with E-state index < -0.39 is 0 Å². The molecule has 88 valence electrons. The fourth-order valence-electron chi connectivity index (χ4n) is 1.50. The van der Waals surface area contributed by atoms with E-state index in [1.807, 2.05) is 37.3 Å². The molecule has 0 atom stereocenters. The van der Waals surface area contributed by atoms with Crippen LogP contribution in [-0.2, 0) is 0 Å². The predicted octanol–water partition coefficient (Wildman–Crippen LogP) is 3.80. The number of aromatic nitrogens is 1. The average Bonchev–Trinajstić information content (AvgIpc) is 2.29. The molecule has 3 nitrogen and oxygen atoms in total. The minimum absolute atomic E-state index is 0.574. The summed E-state index contributed by atoms with van der Waals surface area (Å²) in [6, 6.07) is 9.45. The number of nitrogens with zero attached hydrogens (tertiary/aromatic N) is 1. The largest absolute Gasteiger partial charge is 0.495 e. The lowest BCUT2D eigenvalue weighted by atomic mass is 10.2. The Labute approximate surface area is 105 Å². The Balaban J connectivity index is 2.22. The van der Waals surface area contributed by atoms with Crippen molar-refractivity contribution >= 4 is 23.1 Å². The quantitative estimate of drug-likeness (QED) is 0.897. The van der Waals surface area contributed by atoms with Crippen molar-refractivity contribution in [3.05, 3.63) is 47.1 Å². The molecule has 0 aliphatic rings. The normalized spacial score (nSPS) is 10.1. The van der Waals surface area contributed by atoms with Gasteiger partial charge in [-0.1, -0.05) is 11.6 Å². The van der Waals surface area contributed by atoms with E-state index in [1.165, 1.54) is 0 Å². The number of benzene rings is 1. The first-order valence-corrected chi connectivity index (χ1v) is 5.60. The molecule has 4 heteroatoms. The molecule has 1 N–H and O–H groups in total. The van der Waals surface area contributed by atoms with Gasteiger partial charge in [0, 0.05) is 11.9 Å². The van der Waals surface area contributed by atoms with Crippen LogP contribution in [0.1, 0.15) is 5.56 Å². The van der Waals surface area contributed by atoms with Gasteiger partial charge in [-0.05, 0) is 42.8 Å². The molecule has 1 aromatic heterocycles. The molecule has 0 aliphatic carbocycles. The second kappa shape index (κ2) is 5.06. The third-order valence-corrected chi connectivity index (χ3v) is 2.64. The van der Waals surface area contributed by atoms with Crippen molar-refractivity contribution in [2.75, 3.05) is 12.4 Å². The first-order chi connectivity index (χ1) is 8.19. The molecule has 2 rings (SSSR count). The SMILES string of the molecule is COc1ccc(Nc2cc(C)ccn2)cc1Cl.